The minimum Gasteiger partial charge on any atom is -0.352 e. The Morgan fingerprint density at radius 3 is 2.86 bits per heavy atom. The number of hydrogen-bond acceptors (Lipinski definition) is 4. The maximum Gasteiger partial charge on any atom is 0.253 e. The van der Waals surface area contributed by atoms with Crippen LogP contribution in [-0.4, -0.2) is 47.4 Å². The highest BCUT2D eigenvalue weighted by Gasteiger charge is 2.29. The molecule has 2 rings (SSSR count). The van der Waals surface area contributed by atoms with Crippen LogP contribution in [0.15, 0.2) is 24.5 Å². The summed E-state index contributed by atoms with van der Waals surface area (Å²) in [6.45, 7) is 3.44. The molecule has 1 aliphatic rings. The van der Waals surface area contributed by atoms with E-state index in [1.807, 2.05) is 6.92 Å². The van der Waals surface area contributed by atoms with Gasteiger partial charge in [0.15, 0.2) is 0 Å². The Balaban J connectivity index is 1.97. The lowest BCUT2D eigenvalue weighted by molar-refractivity contribution is -0.126. The van der Waals surface area contributed by atoms with Crippen molar-refractivity contribution >= 4 is 11.8 Å². The normalized spacial score (nSPS) is 19.9. The van der Waals surface area contributed by atoms with Crippen LogP contribution >= 0.6 is 0 Å². The fourth-order valence-electron chi connectivity index (χ4n) is 2.47. The van der Waals surface area contributed by atoms with Gasteiger partial charge in [0.05, 0.1) is 5.92 Å². The third-order valence-electron chi connectivity index (χ3n) is 3.75. The second-order valence-corrected chi connectivity index (χ2v) is 5.47. The largest absolute Gasteiger partial charge is 0.352 e. The summed E-state index contributed by atoms with van der Waals surface area (Å²) >= 11 is 0. The zero-order chi connectivity index (χ0) is 15.2. The molecule has 21 heavy (non-hydrogen) atoms. The molecule has 1 aromatic heterocycles. The van der Waals surface area contributed by atoms with Gasteiger partial charge < -0.3 is 16.0 Å². The van der Waals surface area contributed by atoms with E-state index in [-0.39, 0.29) is 23.8 Å². The SMILES string of the molecule is C[C@@H](CN)NC(=O)C1CCCN(C(=O)c2ccncc2)C1. The maximum absolute atomic E-state index is 12.4. The summed E-state index contributed by atoms with van der Waals surface area (Å²) in [6, 6.07) is 3.36. The molecular weight excluding hydrogens is 268 g/mol. The number of aromatic nitrogens is 1. The van der Waals surface area contributed by atoms with Gasteiger partial charge in [-0.15, -0.1) is 0 Å². The number of rotatable bonds is 4. The number of carbonyl (C=O) groups excluding carboxylic acids is 2. The highest BCUT2D eigenvalue weighted by Crippen LogP contribution is 2.18. The van der Waals surface area contributed by atoms with Crippen molar-refractivity contribution in [2.24, 2.45) is 11.7 Å². The molecule has 6 nitrogen and oxygen atoms in total. The molecule has 1 aliphatic heterocycles. The van der Waals surface area contributed by atoms with Crippen LogP contribution in [0.1, 0.15) is 30.1 Å². The number of amides is 2. The number of hydrogen-bond donors (Lipinski definition) is 2. The van der Waals surface area contributed by atoms with Crippen LogP contribution in [0.3, 0.4) is 0 Å². The first-order valence-corrected chi connectivity index (χ1v) is 7.31. The van der Waals surface area contributed by atoms with Gasteiger partial charge in [-0.2, -0.15) is 0 Å². The molecule has 1 fully saturated rings. The van der Waals surface area contributed by atoms with E-state index >= 15 is 0 Å². The van der Waals surface area contributed by atoms with Crippen LogP contribution in [-0.2, 0) is 4.79 Å². The summed E-state index contributed by atoms with van der Waals surface area (Å²) in [5.74, 6) is -0.208. The minimum atomic E-state index is -0.154. The zero-order valence-electron chi connectivity index (χ0n) is 12.3. The van der Waals surface area contributed by atoms with E-state index in [0.717, 1.165) is 12.8 Å². The quantitative estimate of drug-likeness (QED) is 0.840. The lowest BCUT2D eigenvalue weighted by Gasteiger charge is -2.32. The first kappa shape index (κ1) is 15.4. The molecule has 2 heterocycles. The smallest absolute Gasteiger partial charge is 0.253 e. The van der Waals surface area contributed by atoms with Crippen LogP contribution in [0.2, 0.25) is 0 Å². The van der Waals surface area contributed by atoms with Crippen molar-refractivity contribution in [3.05, 3.63) is 30.1 Å². The maximum atomic E-state index is 12.4. The molecule has 0 aromatic carbocycles. The molecule has 1 aromatic rings. The highest BCUT2D eigenvalue weighted by atomic mass is 16.2. The summed E-state index contributed by atoms with van der Waals surface area (Å²) in [6.07, 6.45) is 4.85. The molecule has 114 valence electrons. The summed E-state index contributed by atoms with van der Waals surface area (Å²) < 4.78 is 0. The first-order valence-electron chi connectivity index (χ1n) is 7.31. The van der Waals surface area contributed by atoms with E-state index in [1.54, 1.807) is 29.4 Å². The molecule has 0 aliphatic carbocycles. The second-order valence-electron chi connectivity index (χ2n) is 5.47. The van der Waals surface area contributed by atoms with Crippen molar-refractivity contribution in [2.75, 3.05) is 19.6 Å². The Morgan fingerprint density at radius 2 is 2.19 bits per heavy atom. The van der Waals surface area contributed by atoms with Gasteiger partial charge in [0.1, 0.15) is 0 Å². The van der Waals surface area contributed by atoms with Crippen LogP contribution < -0.4 is 11.1 Å². The molecule has 2 amide bonds. The average Bonchev–Trinajstić information content (AvgIpc) is 2.55. The Labute approximate surface area is 124 Å². The van der Waals surface area contributed by atoms with Gasteiger partial charge in [0.25, 0.3) is 5.91 Å². The lowest BCUT2D eigenvalue weighted by Crippen LogP contribution is -2.48. The summed E-state index contributed by atoms with van der Waals surface area (Å²) in [4.78, 5) is 30.2. The Hall–Kier alpha value is -1.95. The Kier molecular flexibility index (Phi) is 5.27. The topological polar surface area (TPSA) is 88.3 Å². The van der Waals surface area contributed by atoms with Crippen LogP contribution in [0.5, 0.6) is 0 Å². The van der Waals surface area contributed by atoms with Gasteiger partial charge in [0, 0.05) is 43.6 Å². The molecular formula is C15H22N4O2. The van der Waals surface area contributed by atoms with Crippen molar-refractivity contribution in [3.63, 3.8) is 0 Å². The fraction of sp³-hybridized carbons (Fsp3) is 0.533. The molecule has 2 atom stereocenters. The van der Waals surface area contributed by atoms with Gasteiger partial charge >= 0.3 is 0 Å². The molecule has 0 saturated carbocycles. The predicted molar refractivity (Wildman–Crippen MR) is 79.5 cm³/mol. The van der Waals surface area contributed by atoms with Crippen molar-refractivity contribution in [2.45, 2.75) is 25.8 Å². The highest BCUT2D eigenvalue weighted by molar-refractivity contribution is 5.94. The van der Waals surface area contributed by atoms with Gasteiger partial charge in [-0.1, -0.05) is 0 Å². The molecule has 6 heteroatoms. The Morgan fingerprint density at radius 1 is 1.48 bits per heavy atom. The first-order chi connectivity index (χ1) is 10.1. The number of nitrogens with one attached hydrogen (secondary N) is 1. The predicted octanol–water partition coefficient (Wildman–Crippen LogP) is 0.397. The summed E-state index contributed by atoms with van der Waals surface area (Å²) in [5, 5.41) is 2.89. The van der Waals surface area contributed by atoms with Crippen molar-refractivity contribution in [1.82, 2.24) is 15.2 Å². The monoisotopic (exact) mass is 290 g/mol. The average molecular weight is 290 g/mol. The van der Waals surface area contributed by atoms with E-state index in [2.05, 4.69) is 10.3 Å². The second kappa shape index (κ2) is 7.17. The Bertz CT molecular complexity index is 492. The number of likely N-dealkylation sites (tertiary alicyclic amines) is 1. The van der Waals surface area contributed by atoms with E-state index in [4.69, 9.17) is 5.73 Å². The number of carbonyl (C=O) groups is 2. The molecule has 0 radical (unpaired) electrons. The van der Waals surface area contributed by atoms with Crippen molar-refractivity contribution in [3.8, 4) is 0 Å². The van der Waals surface area contributed by atoms with Crippen LogP contribution in [0, 0.1) is 5.92 Å². The van der Waals surface area contributed by atoms with Gasteiger partial charge in [-0.25, -0.2) is 0 Å². The molecule has 1 saturated heterocycles. The third-order valence-corrected chi connectivity index (χ3v) is 3.75. The van der Waals surface area contributed by atoms with Gasteiger partial charge in [0.2, 0.25) is 5.91 Å². The van der Waals surface area contributed by atoms with Crippen molar-refractivity contribution in [1.29, 1.82) is 0 Å². The van der Waals surface area contributed by atoms with E-state index in [0.29, 0.717) is 25.2 Å². The lowest BCUT2D eigenvalue weighted by atomic mass is 9.96. The van der Waals surface area contributed by atoms with Gasteiger partial charge in [-0.3, -0.25) is 14.6 Å². The number of piperidine rings is 1. The summed E-state index contributed by atoms with van der Waals surface area (Å²) in [7, 11) is 0. The minimum absolute atomic E-state index is 0.0137. The fourth-order valence-corrected chi connectivity index (χ4v) is 2.47. The number of nitrogens with two attached hydrogens (primary N) is 1. The zero-order valence-corrected chi connectivity index (χ0v) is 12.3. The van der Waals surface area contributed by atoms with Crippen LogP contribution in [0.25, 0.3) is 0 Å². The summed E-state index contributed by atoms with van der Waals surface area (Å²) in [5.41, 5.74) is 6.13. The number of nitrogens with zero attached hydrogens (tertiary/aromatic N) is 2. The standard InChI is InChI=1S/C15H22N4O2/c1-11(9-16)18-14(20)13-3-2-8-19(10-13)15(21)12-4-6-17-7-5-12/h4-7,11,13H,2-3,8-10,16H2,1H3,(H,18,20)/t11-,13?/m0/s1. The van der Waals surface area contributed by atoms with E-state index < -0.39 is 0 Å². The van der Waals surface area contributed by atoms with Crippen molar-refractivity contribution < 1.29 is 9.59 Å². The molecule has 0 bridgehead atoms. The van der Waals surface area contributed by atoms with E-state index in [9.17, 15) is 9.59 Å². The third kappa shape index (κ3) is 4.01. The van der Waals surface area contributed by atoms with Gasteiger partial charge in [-0.05, 0) is 31.9 Å². The molecule has 0 spiro atoms. The van der Waals surface area contributed by atoms with Crippen LogP contribution in [0.4, 0.5) is 0 Å². The number of pyridine rings is 1. The molecule has 1 unspecified atom stereocenters. The van der Waals surface area contributed by atoms with E-state index in [1.165, 1.54) is 0 Å². The molecule has 3 N–H and O–H groups in total.